The number of esters is 1. The van der Waals surface area contributed by atoms with Crippen molar-refractivity contribution < 1.29 is 19.4 Å². The van der Waals surface area contributed by atoms with Crippen LogP contribution in [0, 0.1) is 0 Å². The maximum atomic E-state index is 13.3. The van der Waals surface area contributed by atoms with Crippen molar-refractivity contribution in [3.8, 4) is 0 Å². The normalized spacial score (nSPS) is 14.0. The molecule has 0 bridgehead atoms. The fourth-order valence-electron chi connectivity index (χ4n) is 3.93. The predicted molar refractivity (Wildman–Crippen MR) is 120 cm³/mol. The molecular weight excluding hydrogens is 388 g/mol. The fraction of sp³-hybridized carbons (Fsp3) is 0.148. The highest BCUT2D eigenvalue weighted by molar-refractivity contribution is 5.88. The molecular formula is C27H24O4. The number of aliphatic hydroxyl groups excluding tert-OH is 1. The summed E-state index contributed by atoms with van der Waals surface area (Å²) in [5, 5.41) is 13.6. The van der Waals surface area contributed by atoms with E-state index in [-0.39, 0.29) is 6.61 Å². The molecule has 0 aliphatic rings. The summed E-state index contributed by atoms with van der Waals surface area (Å²) < 4.78 is 11.5. The van der Waals surface area contributed by atoms with Gasteiger partial charge in [-0.2, -0.15) is 0 Å². The van der Waals surface area contributed by atoms with Gasteiger partial charge >= 0.3 is 5.97 Å². The van der Waals surface area contributed by atoms with Crippen LogP contribution in [0.15, 0.2) is 103 Å². The van der Waals surface area contributed by atoms with Crippen molar-refractivity contribution in [2.75, 3.05) is 7.11 Å². The van der Waals surface area contributed by atoms with Gasteiger partial charge in [0, 0.05) is 0 Å². The number of fused-ring (bicyclic) bond motifs is 1. The average molecular weight is 412 g/mol. The van der Waals surface area contributed by atoms with E-state index in [9.17, 15) is 9.90 Å². The number of methoxy groups -OCH3 is 1. The quantitative estimate of drug-likeness (QED) is 0.426. The van der Waals surface area contributed by atoms with Crippen molar-refractivity contribution in [3.63, 3.8) is 0 Å². The van der Waals surface area contributed by atoms with Crippen LogP contribution in [0.5, 0.6) is 0 Å². The molecule has 2 atom stereocenters. The summed E-state index contributed by atoms with van der Waals surface area (Å²) in [7, 11) is 1.31. The summed E-state index contributed by atoms with van der Waals surface area (Å²) >= 11 is 0. The second-order valence-electron chi connectivity index (χ2n) is 7.34. The van der Waals surface area contributed by atoms with Crippen LogP contribution in [0.25, 0.3) is 10.8 Å². The van der Waals surface area contributed by atoms with Crippen LogP contribution in [0.4, 0.5) is 0 Å². The predicted octanol–water partition coefficient (Wildman–Crippen LogP) is 5.16. The standard InChI is InChI=1S/C27H24O4/c1-30-26(29)27(22-15-6-3-7-16-22,31-19-20-11-4-2-5-12-20)25(28)24-18-10-14-21-13-8-9-17-23(21)24/h2-18,25,28H,19H2,1H3/t25-,27-/m0/s1. The molecule has 4 aromatic carbocycles. The Balaban J connectivity index is 1.88. The topological polar surface area (TPSA) is 55.8 Å². The van der Waals surface area contributed by atoms with E-state index in [0.29, 0.717) is 11.1 Å². The zero-order valence-electron chi connectivity index (χ0n) is 17.3. The van der Waals surface area contributed by atoms with Crippen molar-refractivity contribution in [2.24, 2.45) is 0 Å². The molecule has 0 saturated carbocycles. The maximum Gasteiger partial charge on any atom is 0.346 e. The second kappa shape index (κ2) is 9.13. The van der Waals surface area contributed by atoms with Gasteiger partial charge in [-0.3, -0.25) is 0 Å². The van der Waals surface area contributed by atoms with Crippen molar-refractivity contribution in [1.82, 2.24) is 0 Å². The first-order valence-electron chi connectivity index (χ1n) is 10.1. The summed E-state index contributed by atoms with van der Waals surface area (Å²) in [6.45, 7) is 0.132. The number of hydrogen-bond acceptors (Lipinski definition) is 4. The van der Waals surface area contributed by atoms with Crippen LogP contribution >= 0.6 is 0 Å². The Morgan fingerprint density at radius 2 is 1.45 bits per heavy atom. The maximum absolute atomic E-state index is 13.3. The third-order valence-electron chi connectivity index (χ3n) is 5.50. The molecule has 0 heterocycles. The Morgan fingerprint density at radius 3 is 2.16 bits per heavy atom. The van der Waals surface area contributed by atoms with Crippen LogP contribution in [0.1, 0.15) is 22.8 Å². The van der Waals surface area contributed by atoms with Gasteiger partial charge in [0.15, 0.2) is 0 Å². The van der Waals surface area contributed by atoms with Crippen LogP contribution in [0.3, 0.4) is 0 Å². The molecule has 4 heteroatoms. The lowest BCUT2D eigenvalue weighted by molar-refractivity contribution is -0.194. The molecule has 4 rings (SSSR count). The van der Waals surface area contributed by atoms with E-state index in [1.165, 1.54) is 7.11 Å². The highest BCUT2D eigenvalue weighted by Gasteiger charge is 2.50. The highest BCUT2D eigenvalue weighted by atomic mass is 16.6. The molecule has 0 aliphatic carbocycles. The number of ether oxygens (including phenoxy) is 2. The van der Waals surface area contributed by atoms with Gasteiger partial charge in [-0.15, -0.1) is 0 Å². The number of rotatable bonds is 7. The van der Waals surface area contributed by atoms with E-state index >= 15 is 0 Å². The minimum Gasteiger partial charge on any atom is -0.467 e. The van der Waals surface area contributed by atoms with Crippen LogP contribution in [0.2, 0.25) is 0 Å². The van der Waals surface area contributed by atoms with E-state index in [1.807, 2.05) is 91.0 Å². The van der Waals surface area contributed by atoms with Crippen molar-refractivity contribution in [3.05, 3.63) is 120 Å². The van der Waals surface area contributed by atoms with Crippen molar-refractivity contribution in [1.29, 1.82) is 0 Å². The monoisotopic (exact) mass is 412 g/mol. The van der Waals surface area contributed by atoms with Crippen LogP contribution in [-0.4, -0.2) is 18.2 Å². The largest absolute Gasteiger partial charge is 0.467 e. The molecule has 4 nitrogen and oxygen atoms in total. The summed E-state index contributed by atoms with van der Waals surface area (Å²) in [5.74, 6) is -0.657. The van der Waals surface area contributed by atoms with Gasteiger partial charge in [0.05, 0.1) is 13.7 Å². The second-order valence-corrected chi connectivity index (χ2v) is 7.34. The Hall–Kier alpha value is -3.47. The number of aliphatic hydroxyl groups is 1. The molecule has 156 valence electrons. The van der Waals surface area contributed by atoms with Gasteiger partial charge in [0.1, 0.15) is 6.10 Å². The van der Waals surface area contributed by atoms with E-state index in [0.717, 1.165) is 16.3 Å². The number of benzene rings is 4. The van der Waals surface area contributed by atoms with E-state index < -0.39 is 17.7 Å². The van der Waals surface area contributed by atoms with E-state index in [1.54, 1.807) is 12.1 Å². The highest BCUT2D eigenvalue weighted by Crippen LogP contribution is 2.42. The first kappa shape index (κ1) is 20.8. The summed E-state index contributed by atoms with van der Waals surface area (Å²) in [5.41, 5.74) is 0.270. The summed E-state index contributed by atoms with van der Waals surface area (Å²) in [4.78, 5) is 13.3. The molecule has 0 amide bonds. The minimum atomic E-state index is -1.74. The van der Waals surface area contributed by atoms with Gasteiger partial charge in [-0.1, -0.05) is 103 Å². The lowest BCUT2D eigenvalue weighted by atomic mass is 9.82. The third-order valence-corrected chi connectivity index (χ3v) is 5.50. The first-order valence-corrected chi connectivity index (χ1v) is 10.1. The van der Waals surface area contributed by atoms with E-state index in [2.05, 4.69) is 0 Å². The van der Waals surface area contributed by atoms with Gasteiger partial charge in [0.25, 0.3) is 0 Å². The van der Waals surface area contributed by atoms with Gasteiger partial charge in [-0.05, 0) is 27.5 Å². The zero-order chi connectivity index (χ0) is 21.7. The smallest absolute Gasteiger partial charge is 0.346 e. The lowest BCUT2D eigenvalue weighted by Crippen LogP contribution is -2.45. The summed E-state index contributed by atoms with van der Waals surface area (Å²) in [6.07, 6.45) is -1.29. The average Bonchev–Trinajstić information content (AvgIpc) is 2.85. The molecule has 0 radical (unpaired) electrons. The fourth-order valence-corrected chi connectivity index (χ4v) is 3.93. The Morgan fingerprint density at radius 1 is 0.839 bits per heavy atom. The molecule has 0 spiro atoms. The van der Waals surface area contributed by atoms with Crippen LogP contribution in [-0.2, 0) is 26.5 Å². The molecule has 0 saturated heterocycles. The molecule has 0 unspecified atom stereocenters. The number of hydrogen-bond donors (Lipinski definition) is 1. The molecule has 0 aromatic heterocycles. The Bertz CT molecular complexity index is 1150. The van der Waals surface area contributed by atoms with Crippen molar-refractivity contribution in [2.45, 2.75) is 18.3 Å². The SMILES string of the molecule is COC(=O)[C@](OCc1ccccc1)(c1ccccc1)[C@@H](O)c1cccc2ccccc12. The van der Waals surface area contributed by atoms with Gasteiger partial charge in [-0.25, -0.2) is 4.79 Å². The first-order chi connectivity index (χ1) is 15.2. The molecule has 4 aromatic rings. The summed E-state index contributed by atoms with van der Waals surface area (Å²) in [6, 6.07) is 32.0. The lowest BCUT2D eigenvalue weighted by Gasteiger charge is -2.36. The Labute approximate surface area is 181 Å². The van der Waals surface area contributed by atoms with Gasteiger partial charge < -0.3 is 14.6 Å². The van der Waals surface area contributed by atoms with Gasteiger partial charge in [0.2, 0.25) is 5.60 Å². The molecule has 31 heavy (non-hydrogen) atoms. The molecule has 0 fully saturated rings. The number of carbonyl (C=O) groups is 1. The molecule has 0 aliphatic heterocycles. The minimum absolute atomic E-state index is 0.132. The Kier molecular flexibility index (Phi) is 6.12. The molecule has 1 N–H and O–H groups in total. The van der Waals surface area contributed by atoms with Crippen LogP contribution < -0.4 is 0 Å². The van der Waals surface area contributed by atoms with Crippen molar-refractivity contribution >= 4 is 16.7 Å². The van der Waals surface area contributed by atoms with E-state index in [4.69, 9.17) is 9.47 Å². The third kappa shape index (κ3) is 3.96. The zero-order valence-corrected chi connectivity index (χ0v) is 17.3. The number of carbonyl (C=O) groups excluding carboxylic acids is 1.